The third-order valence-electron chi connectivity index (χ3n) is 5.83. The van der Waals surface area contributed by atoms with Gasteiger partial charge in [-0.15, -0.1) is 0 Å². The Morgan fingerprint density at radius 3 is 2.71 bits per heavy atom. The Kier molecular flexibility index (Phi) is 5.04. The van der Waals surface area contributed by atoms with Gasteiger partial charge >= 0.3 is 6.09 Å². The number of aromatic amines is 1. The maximum absolute atomic E-state index is 13.7. The molecule has 1 aliphatic rings. The molecule has 0 atom stereocenters. The Bertz CT molecular complexity index is 1480. The molecule has 0 spiro atoms. The third kappa shape index (κ3) is 4.17. The minimum Gasteiger partial charge on any atom is -0.444 e. The fraction of sp³-hybridized carbons (Fsp3) is 0.375. The highest BCUT2D eigenvalue weighted by Crippen LogP contribution is 2.29. The van der Waals surface area contributed by atoms with Crippen molar-refractivity contribution in [2.75, 3.05) is 13.1 Å². The van der Waals surface area contributed by atoms with Crippen molar-refractivity contribution in [2.24, 2.45) is 7.05 Å². The number of rotatable bonds is 3. The average Bonchev–Trinajstić information content (AvgIpc) is 3.31. The Labute approximate surface area is 200 Å². The normalized spacial score (nSPS) is 15.3. The summed E-state index contributed by atoms with van der Waals surface area (Å²) in [5, 5.41) is 8.21. The fourth-order valence-electron chi connectivity index (χ4n) is 4.27. The van der Waals surface area contributed by atoms with E-state index in [1.807, 2.05) is 27.7 Å². The average molecular weight is 480 g/mol. The van der Waals surface area contributed by atoms with Crippen molar-refractivity contribution >= 4 is 34.1 Å². The smallest absolute Gasteiger partial charge is 0.410 e. The predicted octanol–water partition coefficient (Wildman–Crippen LogP) is 3.39. The zero-order valence-electron chi connectivity index (χ0n) is 20.1. The van der Waals surface area contributed by atoms with Crippen LogP contribution in [0.3, 0.4) is 0 Å². The van der Waals surface area contributed by atoms with Crippen molar-refractivity contribution < 1.29 is 18.7 Å². The van der Waals surface area contributed by atoms with Crippen LogP contribution in [0.1, 0.15) is 38.1 Å². The lowest BCUT2D eigenvalue weighted by molar-refractivity contribution is -0.0115. The fourth-order valence-corrected chi connectivity index (χ4v) is 4.27. The summed E-state index contributed by atoms with van der Waals surface area (Å²) >= 11 is 0. The van der Waals surface area contributed by atoms with E-state index in [9.17, 15) is 14.0 Å². The van der Waals surface area contributed by atoms with Crippen molar-refractivity contribution in [1.82, 2.24) is 34.9 Å². The number of benzene rings is 1. The number of fused-ring (bicyclic) bond motifs is 2. The van der Waals surface area contributed by atoms with Crippen LogP contribution in [0.4, 0.5) is 9.18 Å². The monoisotopic (exact) mass is 479 g/mol. The van der Waals surface area contributed by atoms with Crippen molar-refractivity contribution in [2.45, 2.75) is 38.8 Å². The van der Waals surface area contributed by atoms with Crippen molar-refractivity contribution in [3.63, 3.8) is 0 Å². The number of nitrogens with one attached hydrogen (secondary N) is 2. The summed E-state index contributed by atoms with van der Waals surface area (Å²) in [7, 11) is 1.73. The first-order valence-corrected chi connectivity index (χ1v) is 11.2. The molecule has 1 saturated heterocycles. The number of H-pyrrole nitrogens is 1. The van der Waals surface area contributed by atoms with Crippen LogP contribution in [0, 0.1) is 5.82 Å². The number of aromatic nitrogens is 5. The van der Waals surface area contributed by atoms with Gasteiger partial charge in [0.25, 0.3) is 5.91 Å². The van der Waals surface area contributed by atoms with Crippen LogP contribution in [0.25, 0.3) is 33.5 Å². The van der Waals surface area contributed by atoms with Gasteiger partial charge in [-0.3, -0.25) is 9.48 Å². The quantitative estimate of drug-likeness (QED) is 0.465. The lowest BCUT2D eigenvalue weighted by Gasteiger charge is -2.48. The number of likely N-dealkylation sites (tertiary alicyclic amines) is 1. The molecule has 35 heavy (non-hydrogen) atoms. The standard InChI is InChI=1S/C24H26FN7O3/c1-23(2,3)35-22(34)32-11-24(4,12-32)29-21(33)15-9-26-20-19(15)28-16(10-27-20)18-14-7-6-13(25)8-17(14)31(5)30-18/h6-10H,11-12H2,1-5H3,(H,26,27)(H,29,33). The van der Waals surface area contributed by atoms with Gasteiger partial charge < -0.3 is 19.9 Å². The molecule has 0 bridgehead atoms. The number of ether oxygens (including phenoxy) is 1. The summed E-state index contributed by atoms with van der Waals surface area (Å²) in [5.74, 6) is -0.685. The molecule has 2 N–H and O–H groups in total. The van der Waals surface area contributed by atoms with Crippen LogP contribution in [-0.4, -0.2) is 65.9 Å². The molecule has 0 radical (unpaired) electrons. The van der Waals surface area contributed by atoms with E-state index in [2.05, 4.69) is 25.4 Å². The van der Waals surface area contributed by atoms with E-state index in [0.717, 1.165) is 5.39 Å². The first-order valence-electron chi connectivity index (χ1n) is 11.2. The largest absolute Gasteiger partial charge is 0.444 e. The molecule has 4 heterocycles. The highest BCUT2D eigenvalue weighted by molar-refractivity contribution is 6.05. The summed E-state index contributed by atoms with van der Waals surface area (Å²) < 4.78 is 20.7. The van der Waals surface area contributed by atoms with E-state index < -0.39 is 17.2 Å². The summed E-state index contributed by atoms with van der Waals surface area (Å²) in [6.45, 7) is 7.97. The summed E-state index contributed by atoms with van der Waals surface area (Å²) in [5.41, 5.74) is 1.65. The summed E-state index contributed by atoms with van der Waals surface area (Å²) in [6.07, 6.45) is 2.72. The van der Waals surface area contributed by atoms with Crippen LogP contribution in [-0.2, 0) is 11.8 Å². The number of amides is 2. The maximum atomic E-state index is 13.7. The van der Waals surface area contributed by atoms with E-state index in [0.29, 0.717) is 46.7 Å². The first kappa shape index (κ1) is 22.8. The molecule has 0 saturated carbocycles. The summed E-state index contributed by atoms with van der Waals surface area (Å²) in [4.78, 5) is 39.0. The number of halogens is 1. The van der Waals surface area contributed by atoms with E-state index in [4.69, 9.17) is 4.74 Å². The zero-order valence-corrected chi connectivity index (χ0v) is 20.1. The van der Waals surface area contributed by atoms with E-state index in [-0.39, 0.29) is 11.7 Å². The van der Waals surface area contributed by atoms with Crippen LogP contribution in [0.15, 0.2) is 30.6 Å². The molecule has 2 amide bonds. The molecule has 182 valence electrons. The number of aryl methyl sites for hydroxylation is 1. The molecule has 0 aliphatic carbocycles. The van der Waals surface area contributed by atoms with Crippen LogP contribution < -0.4 is 5.32 Å². The summed E-state index contributed by atoms with van der Waals surface area (Å²) in [6, 6.07) is 4.43. The van der Waals surface area contributed by atoms with Crippen LogP contribution in [0.2, 0.25) is 0 Å². The minimum absolute atomic E-state index is 0.331. The second-order valence-corrected chi connectivity index (χ2v) is 10.1. The molecule has 1 fully saturated rings. The van der Waals surface area contributed by atoms with Crippen molar-refractivity contribution in [1.29, 1.82) is 0 Å². The van der Waals surface area contributed by atoms with Gasteiger partial charge in [0, 0.05) is 31.7 Å². The molecule has 5 rings (SSSR count). The third-order valence-corrected chi connectivity index (χ3v) is 5.83. The number of carbonyl (C=O) groups excluding carboxylic acids is 2. The second-order valence-electron chi connectivity index (χ2n) is 10.1. The van der Waals surface area contributed by atoms with Crippen molar-refractivity contribution in [3.05, 3.63) is 42.0 Å². The first-order chi connectivity index (χ1) is 16.4. The van der Waals surface area contributed by atoms with Gasteiger partial charge in [-0.2, -0.15) is 5.10 Å². The van der Waals surface area contributed by atoms with E-state index in [1.54, 1.807) is 35.1 Å². The number of carbonyl (C=O) groups is 2. The highest BCUT2D eigenvalue weighted by Gasteiger charge is 2.44. The van der Waals surface area contributed by atoms with Crippen LogP contribution >= 0.6 is 0 Å². The number of nitrogens with zero attached hydrogens (tertiary/aromatic N) is 5. The lowest BCUT2D eigenvalue weighted by Crippen LogP contribution is -2.70. The zero-order chi connectivity index (χ0) is 25.1. The molecule has 1 aromatic carbocycles. The van der Waals surface area contributed by atoms with Gasteiger partial charge in [0.2, 0.25) is 0 Å². The van der Waals surface area contributed by atoms with Crippen molar-refractivity contribution in [3.8, 4) is 11.4 Å². The topological polar surface area (TPSA) is 118 Å². The van der Waals surface area contributed by atoms with E-state index >= 15 is 0 Å². The molecule has 3 aromatic heterocycles. The highest BCUT2D eigenvalue weighted by atomic mass is 19.1. The van der Waals surface area contributed by atoms with Gasteiger partial charge in [-0.25, -0.2) is 19.2 Å². The Morgan fingerprint density at radius 1 is 1.26 bits per heavy atom. The lowest BCUT2D eigenvalue weighted by atomic mass is 9.92. The van der Waals surface area contributed by atoms with Crippen LogP contribution in [0.5, 0.6) is 0 Å². The molecule has 1 aliphatic heterocycles. The molecule has 0 unspecified atom stereocenters. The Hall–Kier alpha value is -4.02. The Morgan fingerprint density at radius 2 is 2.00 bits per heavy atom. The van der Waals surface area contributed by atoms with Gasteiger partial charge in [0.1, 0.15) is 28.3 Å². The molecule has 10 nitrogen and oxygen atoms in total. The second kappa shape index (κ2) is 7.76. The van der Waals surface area contributed by atoms with Gasteiger partial charge in [-0.05, 0) is 45.9 Å². The molecular weight excluding hydrogens is 453 g/mol. The van der Waals surface area contributed by atoms with E-state index in [1.165, 1.54) is 12.1 Å². The van der Waals surface area contributed by atoms with Gasteiger partial charge in [0.15, 0.2) is 5.65 Å². The predicted molar refractivity (Wildman–Crippen MR) is 127 cm³/mol. The molecule has 11 heteroatoms. The number of hydrogen-bond donors (Lipinski definition) is 2. The molecular formula is C24H26FN7O3. The van der Waals surface area contributed by atoms with Gasteiger partial charge in [-0.1, -0.05) is 0 Å². The van der Waals surface area contributed by atoms with Gasteiger partial charge in [0.05, 0.1) is 22.8 Å². The minimum atomic E-state index is -0.593. The maximum Gasteiger partial charge on any atom is 0.410 e. The molecule has 4 aromatic rings. The number of hydrogen-bond acceptors (Lipinski definition) is 6. The Balaban J connectivity index is 1.38. The SMILES string of the molecule is Cn1nc(-c2cnc3[nH]cc(C(=O)NC4(C)CN(C(=O)OC(C)(C)C)C4)c3n2)c2ccc(F)cc21.